The van der Waals surface area contributed by atoms with Crippen LogP contribution in [-0.2, 0) is 21.4 Å². The average molecular weight is 445 g/mol. The van der Waals surface area contributed by atoms with E-state index in [1.54, 1.807) is 24.3 Å². The van der Waals surface area contributed by atoms with E-state index in [4.69, 9.17) is 16.3 Å². The van der Waals surface area contributed by atoms with Crippen LogP contribution in [0.1, 0.15) is 5.56 Å². The summed E-state index contributed by atoms with van der Waals surface area (Å²) < 4.78 is 32.2. The number of rotatable bonds is 8. The topological polar surface area (TPSA) is 75.7 Å². The maximum atomic E-state index is 12.8. The van der Waals surface area contributed by atoms with E-state index >= 15 is 0 Å². The van der Waals surface area contributed by atoms with Crippen molar-refractivity contribution >= 4 is 33.2 Å². The molecular formula is C22H21ClN2O4S. The summed E-state index contributed by atoms with van der Waals surface area (Å²) in [5.74, 6) is 0.0393. The Kier molecular flexibility index (Phi) is 7.10. The standard InChI is InChI=1S/C22H21ClN2O4S/c1-25(15-17-6-3-2-4-7-17)30(27,28)21-12-10-20(11-13-21)29-16-22(26)24-19-9-5-8-18(23)14-19/h2-14H,15-16H2,1H3,(H,24,26). The highest BCUT2D eigenvalue weighted by Gasteiger charge is 2.21. The Labute approximate surface area is 181 Å². The fraction of sp³-hybridized carbons (Fsp3) is 0.136. The Morgan fingerprint density at radius 3 is 2.37 bits per heavy atom. The zero-order valence-corrected chi connectivity index (χ0v) is 17.9. The van der Waals surface area contributed by atoms with Crippen molar-refractivity contribution in [1.29, 1.82) is 0 Å². The van der Waals surface area contributed by atoms with Crippen molar-refractivity contribution in [1.82, 2.24) is 4.31 Å². The molecule has 0 aliphatic carbocycles. The molecule has 30 heavy (non-hydrogen) atoms. The van der Waals surface area contributed by atoms with Gasteiger partial charge in [0, 0.05) is 24.3 Å². The number of nitrogens with zero attached hydrogens (tertiary/aromatic N) is 1. The highest BCUT2D eigenvalue weighted by molar-refractivity contribution is 7.89. The van der Waals surface area contributed by atoms with Crippen LogP contribution in [0.5, 0.6) is 5.75 Å². The van der Waals surface area contributed by atoms with E-state index in [2.05, 4.69) is 5.32 Å². The van der Waals surface area contributed by atoms with Crippen LogP contribution in [0.25, 0.3) is 0 Å². The summed E-state index contributed by atoms with van der Waals surface area (Å²) in [5, 5.41) is 3.19. The van der Waals surface area contributed by atoms with Gasteiger partial charge in [-0.2, -0.15) is 4.31 Å². The van der Waals surface area contributed by atoms with Gasteiger partial charge in [-0.1, -0.05) is 48.0 Å². The number of sulfonamides is 1. The molecule has 1 N–H and O–H groups in total. The molecule has 0 aromatic heterocycles. The number of anilines is 1. The monoisotopic (exact) mass is 444 g/mol. The van der Waals surface area contributed by atoms with E-state index in [0.29, 0.717) is 16.5 Å². The smallest absolute Gasteiger partial charge is 0.262 e. The number of carbonyl (C=O) groups excluding carboxylic acids is 1. The first kappa shape index (κ1) is 21.8. The summed E-state index contributed by atoms with van der Waals surface area (Å²) >= 11 is 5.89. The molecule has 156 valence electrons. The highest BCUT2D eigenvalue weighted by atomic mass is 35.5. The second-order valence-corrected chi connectivity index (χ2v) is 9.05. The van der Waals surface area contributed by atoms with Crippen LogP contribution in [0.4, 0.5) is 5.69 Å². The lowest BCUT2D eigenvalue weighted by molar-refractivity contribution is -0.118. The van der Waals surface area contributed by atoms with Gasteiger partial charge in [0.05, 0.1) is 4.90 Å². The first-order valence-electron chi connectivity index (χ1n) is 9.13. The summed E-state index contributed by atoms with van der Waals surface area (Å²) in [4.78, 5) is 12.2. The van der Waals surface area contributed by atoms with E-state index in [1.807, 2.05) is 30.3 Å². The maximum Gasteiger partial charge on any atom is 0.262 e. The lowest BCUT2D eigenvalue weighted by Crippen LogP contribution is -2.26. The molecule has 0 atom stereocenters. The van der Waals surface area contributed by atoms with Gasteiger partial charge in [0.25, 0.3) is 5.91 Å². The summed E-state index contributed by atoms with van der Waals surface area (Å²) in [7, 11) is -2.11. The van der Waals surface area contributed by atoms with Crippen molar-refractivity contribution in [2.45, 2.75) is 11.4 Å². The van der Waals surface area contributed by atoms with Gasteiger partial charge in [-0.25, -0.2) is 8.42 Å². The number of hydrogen-bond acceptors (Lipinski definition) is 4. The van der Waals surface area contributed by atoms with Gasteiger partial charge in [-0.15, -0.1) is 0 Å². The van der Waals surface area contributed by atoms with Gasteiger partial charge in [0.15, 0.2) is 6.61 Å². The van der Waals surface area contributed by atoms with Gasteiger partial charge in [-0.05, 0) is 48.0 Å². The van der Waals surface area contributed by atoms with Crippen molar-refractivity contribution in [2.75, 3.05) is 19.0 Å². The van der Waals surface area contributed by atoms with Crippen LogP contribution in [0.3, 0.4) is 0 Å². The largest absolute Gasteiger partial charge is 0.484 e. The minimum atomic E-state index is -3.64. The molecule has 0 saturated carbocycles. The minimum Gasteiger partial charge on any atom is -0.484 e. The van der Waals surface area contributed by atoms with E-state index in [9.17, 15) is 13.2 Å². The lowest BCUT2D eigenvalue weighted by atomic mass is 10.2. The Balaban J connectivity index is 1.58. The normalized spacial score (nSPS) is 11.3. The first-order chi connectivity index (χ1) is 14.3. The molecule has 0 fully saturated rings. The quantitative estimate of drug-likeness (QED) is 0.565. The number of carbonyl (C=O) groups is 1. The van der Waals surface area contributed by atoms with Gasteiger partial charge < -0.3 is 10.1 Å². The predicted octanol–water partition coefficient (Wildman–Crippen LogP) is 4.18. The summed E-state index contributed by atoms with van der Waals surface area (Å²) in [6.45, 7) is 0.0532. The van der Waals surface area contributed by atoms with Gasteiger partial charge in [0.2, 0.25) is 10.0 Å². The summed E-state index contributed by atoms with van der Waals surface area (Å²) in [5.41, 5.74) is 1.47. The van der Waals surface area contributed by atoms with Gasteiger partial charge in [-0.3, -0.25) is 4.79 Å². The summed E-state index contributed by atoms with van der Waals surface area (Å²) in [6.07, 6.45) is 0. The zero-order chi connectivity index (χ0) is 21.6. The third-order valence-electron chi connectivity index (χ3n) is 4.26. The molecule has 0 saturated heterocycles. The highest BCUT2D eigenvalue weighted by Crippen LogP contribution is 2.20. The molecule has 3 rings (SSSR count). The molecule has 1 amide bonds. The molecule has 0 spiro atoms. The van der Waals surface area contributed by atoms with Crippen molar-refractivity contribution in [3.8, 4) is 5.75 Å². The SMILES string of the molecule is CN(Cc1ccccc1)S(=O)(=O)c1ccc(OCC(=O)Nc2cccc(Cl)c2)cc1. The van der Waals surface area contributed by atoms with Gasteiger partial charge in [0.1, 0.15) is 5.75 Å². The molecule has 0 aliphatic rings. The molecule has 0 unspecified atom stereocenters. The first-order valence-corrected chi connectivity index (χ1v) is 10.9. The maximum absolute atomic E-state index is 12.8. The predicted molar refractivity (Wildman–Crippen MR) is 117 cm³/mol. The van der Waals surface area contributed by atoms with Crippen LogP contribution in [-0.4, -0.2) is 32.3 Å². The lowest BCUT2D eigenvalue weighted by Gasteiger charge is -2.17. The van der Waals surface area contributed by atoms with Crippen LogP contribution in [0.2, 0.25) is 5.02 Å². The second-order valence-electron chi connectivity index (χ2n) is 6.57. The molecule has 6 nitrogen and oxygen atoms in total. The third-order valence-corrected chi connectivity index (χ3v) is 6.31. The van der Waals surface area contributed by atoms with Gasteiger partial charge >= 0.3 is 0 Å². The molecule has 3 aromatic carbocycles. The van der Waals surface area contributed by atoms with Crippen LogP contribution >= 0.6 is 11.6 Å². The van der Waals surface area contributed by atoms with Crippen molar-refractivity contribution < 1.29 is 17.9 Å². The van der Waals surface area contributed by atoms with Crippen LogP contribution < -0.4 is 10.1 Å². The number of ether oxygens (including phenoxy) is 1. The summed E-state index contributed by atoms with van der Waals surface area (Å²) in [6, 6.07) is 22.1. The molecule has 0 radical (unpaired) electrons. The zero-order valence-electron chi connectivity index (χ0n) is 16.3. The minimum absolute atomic E-state index is 0.150. The molecule has 3 aromatic rings. The Hall–Kier alpha value is -2.87. The number of hydrogen-bond donors (Lipinski definition) is 1. The molecule has 0 aliphatic heterocycles. The number of halogens is 1. The van der Waals surface area contributed by atoms with Crippen LogP contribution in [0.15, 0.2) is 83.8 Å². The number of nitrogens with one attached hydrogen (secondary N) is 1. The number of benzene rings is 3. The van der Waals surface area contributed by atoms with E-state index in [-0.39, 0.29) is 24.0 Å². The Morgan fingerprint density at radius 1 is 1.00 bits per heavy atom. The van der Waals surface area contributed by atoms with Crippen LogP contribution in [0, 0.1) is 0 Å². The number of amides is 1. The van der Waals surface area contributed by atoms with E-state index in [0.717, 1.165) is 5.56 Å². The van der Waals surface area contributed by atoms with Crippen molar-refractivity contribution in [3.63, 3.8) is 0 Å². The molecule has 0 bridgehead atoms. The molecule has 8 heteroatoms. The average Bonchev–Trinajstić information content (AvgIpc) is 2.73. The van der Waals surface area contributed by atoms with Crippen molar-refractivity contribution in [2.24, 2.45) is 0 Å². The van der Waals surface area contributed by atoms with Crippen molar-refractivity contribution in [3.05, 3.63) is 89.4 Å². The van der Waals surface area contributed by atoms with E-state index < -0.39 is 10.0 Å². The fourth-order valence-corrected chi connectivity index (χ4v) is 4.07. The molecular weight excluding hydrogens is 424 g/mol. The Morgan fingerprint density at radius 2 is 1.70 bits per heavy atom. The molecule has 0 heterocycles. The Bertz CT molecular complexity index is 1100. The fourth-order valence-electron chi connectivity index (χ4n) is 2.73. The third kappa shape index (κ3) is 5.82. The second kappa shape index (κ2) is 9.75. The van der Waals surface area contributed by atoms with E-state index in [1.165, 1.54) is 35.6 Å².